The number of oxazole rings is 1. The van der Waals surface area contributed by atoms with E-state index >= 15 is 0 Å². The van der Waals surface area contributed by atoms with Gasteiger partial charge in [-0.1, -0.05) is 29.8 Å². The Morgan fingerprint density at radius 1 is 1.21 bits per heavy atom. The van der Waals surface area contributed by atoms with Gasteiger partial charge >= 0.3 is 0 Å². The van der Waals surface area contributed by atoms with E-state index < -0.39 is 0 Å². The van der Waals surface area contributed by atoms with Crippen molar-refractivity contribution in [3.63, 3.8) is 0 Å². The molecular formula is C22H20ClN3O3. The highest BCUT2D eigenvalue weighted by Gasteiger charge is 2.19. The predicted molar refractivity (Wildman–Crippen MR) is 110 cm³/mol. The topological polar surface area (TPSA) is 80.3 Å². The summed E-state index contributed by atoms with van der Waals surface area (Å²) in [6.45, 7) is 1.76. The number of aromatic nitrogens is 1. The van der Waals surface area contributed by atoms with Crippen LogP contribution in [-0.2, 0) is 11.3 Å². The molecule has 7 heteroatoms. The third-order valence-electron chi connectivity index (χ3n) is 4.70. The van der Waals surface area contributed by atoms with Crippen LogP contribution in [0.15, 0.2) is 52.9 Å². The molecule has 1 N–H and O–H groups in total. The molecule has 0 spiro atoms. The van der Waals surface area contributed by atoms with Crippen LogP contribution >= 0.6 is 11.6 Å². The number of rotatable bonds is 7. The van der Waals surface area contributed by atoms with Crippen molar-refractivity contribution in [2.24, 2.45) is 0 Å². The first-order valence-electron chi connectivity index (χ1n) is 9.46. The van der Waals surface area contributed by atoms with Gasteiger partial charge in [0.05, 0.1) is 6.10 Å². The van der Waals surface area contributed by atoms with Crippen molar-refractivity contribution in [3.05, 3.63) is 64.8 Å². The van der Waals surface area contributed by atoms with Crippen LogP contribution < -0.4 is 10.1 Å². The summed E-state index contributed by atoms with van der Waals surface area (Å²) in [4.78, 5) is 4.29. The number of benzene rings is 2. The van der Waals surface area contributed by atoms with Gasteiger partial charge in [-0.25, -0.2) is 0 Å². The van der Waals surface area contributed by atoms with Crippen molar-refractivity contribution >= 4 is 17.5 Å². The summed E-state index contributed by atoms with van der Waals surface area (Å²) in [7, 11) is 0. The van der Waals surface area contributed by atoms with Gasteiger partial charge in [0.25, 0.3) is 0 Å². The minimum atomic E-state index is 0.143. The molecule has 29 heavy (non-hydrogen) atoms. The number of nitrogens with one attached hydrogen (secondary N) is 1. The summed E-state index contributed by atoms with van der Waals surface area (Å²) >= 11 is 6.15. The highest BCUT2D eigenvalue weighted by atomic mass is 35.5. The molecule has 3 aromatic rings. The quantitative estimate of drug-likeness (QED) is 0.589. The molecule has 1 aromatic heterocycles. The second-order valence-corrected chi connectivity index (χ2v) is 7.14. The molecule has 2 aromatic carbocycles. The summed E-state index contributed by atoms with van der Waals surface area (Å²) in [5, 5.41) is 13.2. The average molecular weight is 410 g/mol. The van der Waals surface area contributed by atoms with E-state index in [0.29, 0.717) is 35.7 Å². The summed E-state index contributed by atoms with van der Waals surface area (Å²) in [6, 6.07) is 17.0. The van der Waals surface area contributed by atoms with E-state index in [2.05, 4.69) is 16.4 Å². The van der Waals surface area contributed by atoms with Gasteiger partial charge in [-0.3, -0.25) is 0 Å². The summed E-state index contributed by atoms with van der Waals surface area (Å²) < 4.78 is 17.2. The van der Waals surface area contributed by atoms with Crippen LogP contribution in [0, 0.1) is 11.3 Å². The van der Waals surface area contributed by atoms with Gasteiger partial charge in [-0.05, 0) is 43.2 Å². The van der Waals surface area contributed by atoms with Gasteiger partial charge in [-0.2, -0.15) is 10.2 Å². The third-order valence-corrected chi connectivity index (χ3v) is 5.07. The molecule has 0 radical (unpaired) electrons. The first-order valence-corrected chi connectivity index (χ1v) is 9.84. The van der Waals surface area contributed by atoms with E-state index in [4.69, 9.17) is 25.5 Å². The third kappa shape index (κ3) is 4.70. The van der Waals surface area contributed by atoms with Crippen molar-refractivity contribution < 1.29 is 13.9 Å². The first kappa shape index (κ1) is 19.3. The molecule has 1 atom stereocenters. The first-order chi connectivity index (χ1) is 14.2. The molecule has 0 amide bonds. The maximum Gasteiger partial charge on any atom is 0.232 e. The molecule has 1 aliphatic heterocycles. The number of nitrogens with zero attached hydrogens (tertiary/aromatic N) is 2. The molecule has 6 nitrogen and oxygen atoms in total. The van der Waals surface area contributed by atoms with E-state index in [1.807, 2.05) is 48.5 Å². The SMILES string of the molecule is N#Cc1nc(-c2ccc(OCc3ccccc3Cl)cc2)oc1NC[C@@H]1CCCO1. The number of nitriles is 1. The molecule has 1 fully saturated rings. The Kier molecular flexibility index (Phi) is 5.99. The maximum absolute atomic E-state index is 9.34. The molecule has 0 saturated carbocycles. The van der Waals surface area contributed by atoms with Crippen LogP contribution in [0.25, 0.3) is 11.5 Å². The number of ether oxygens (including phenoxy) is 2. The lowest BCUT2D eigenvalue weighted by molar-refractivity contribution is 0.120. The zero-order valence-corrected chi connectivity index (χ0v) is 16.5. The lowest BCUT2D eigenvalue weighted by Crippen LogP contribution is -2.18. The Morgan fingerprint density at radius 3 is 2.76 bits per heavy atom. The predicted octanol–water partition coefficient (Wildman–Crippen LogP) is 5.04. The Morgan fingerprint density at radius 2 is 2.03 bits per heavy atom. The molecule has 0 unspecified atom stereocenters. The van der Waals surface area contributed by atoms with Gasteiger partial charge in [-0.15, -0.1) is 0 Å². The number of anilines is 1. The molecule has 1 saturated heterocycles. The second kappa shape index (κ2) is 8.99. The largest absolute Gasteiger partial charge is 0.489 e. The minimum Gasteiger partial charge on any atom is -0.489 e. The van der Waals surface area contributed by atoms with Gasteiger partial charge in [0.15, 0.2) is 0 Å². The summed E-state index contributed by atoms with van der Waals surface area (Å²) in [6.07, 6.45) is 2.21. The Bertz CT molecular complexity index is 1000. The number of hydrogen-bond donors (Lipinski definition) is 1. The van der Waals surface area contributed by atoms with Crippen molar-refractivity contribution in [3.8, 4) is 23.3 Å². The van der Waals surface area contributed by atoms with Crippen LogP contribution in [-0.4, -0.2) is 24.2 Å². The van der Waals surface area contributed by atoms with Gasteiger partial charge in [0.2, 0.25) is 17.5 Å². The van der Waals surface area contributed by atoms with Crippen molar-refractivity contribution in [2.45, 2.75) is 25.6 Å². The Balaban J connectivity index is 1.41. The van der Waals surface area contributed by atoms with E-state index in [0.717, 1.165) is 30.6 Å². The number of hydrogen-bond acceptors (Lipinski definition) is 6. The molecule has 0 bridgehead atoms. The van der Waals surface area contributed by atoms with Crippen LogP contribution in [0.4, 0.5) is 5.88 Å². The van der Waals surface area contributed by atoms with Crippen LogP contribution in [0.1, 0.15) is 24.1 Å². The highest BCUT2D eigenvalue weighted by molar-refractivity contribution is 6.31. The lowest BCUT2D eigenvalue weighted by atomic mass is 10.2. The fourth-order valence-electron chi connectivity index (χ4n) is 3.12. The lowest BCUT2D eigenvalue weighted by Gasteiger charge is -2.09. The fraction of sp³-hybridized carbons (Fsp3) is 0.273. The second-order valence-electron chi connectivity index (χ2n) is 6.73. The average Bonchev–Trinajstić information content (AvgIpc) is 3.41. The minimum absolute atomic E-state index is 0.143. The van der Waals surface area contributed by atoms with Crippen molar-refractivity contribution in [1.82, 2.24) is 4.98 Å². The van der Waals surface area contributed by atoms with Crippen LogP contribution in [0.2, 0.25) is 5.02 Å². The van der Waals surface area contributed by atoms with Crippen LogP contribution in [0.5, 0.6) is 5.75 Å². The van der Waals surface area contributed by atoms with Crippen molar-refractivity contribution in [2.75, 3.05) is 18.5 Å². The smallest absolute Gasteiger partial charge is 0.232 e. The maximum atomic E-state index is 9.34. The van der Waals surface area contributed by atoms with E-state index in [-0.39, 0.29) is 11.8 Å². The van der Waals surface area contributed by atoms with Crippen molar-refractivity contribution in [1.29, 1.82) is 5.26 Å². The molecule has 0 aliphatic carbocycles. The molecule has 1 aliphatic rings. The zero-order valence-electron chi connectivity index (χ0n) is 15.7. The molecule has 4 rings (SSSR count). The van der Waals surface area contributed by atoms with Gasteiger partial charge in [0.1, 0.15) is 18.4 Å². The molecular weight excluding hydrogens is 390 g/mol. The van der Waals surface area contributed by atoms with Crippen LogP contribution in [0.3, 0.4) is 0 Å². The van der Waals surface area contributed by atoms with Gasteiger partial charge < -0.3 is 19.2 Å². The van der Waals surface area contributed by atoms with E-state index in [1.165, 1.54) is 0 Å². The standard InChI is InChI=1S/C22H20ClN3O3/c23-19-6-2-1-4-16(19)14-28-17-9-7-15(8-10-17)21-26-20(12-24)22(29-21)25-13-18-5-3-11-27-18/h1-2,4,6-10,18,25H,3,5,11,13-14H2/t18-/m0/s1. The van der Waals surface area contributed by atoms with E-state index in [1.54, 1.807) is 0 Å². The van der Waals surface area contributed by atoms with E-state index in [9.17, 15) is 5.26 Å². The Labute approximate surface area is 174 Å². The highest BCUT2D eigenvalue weighted by Crippen LogP contribution is 2.28. The van der Waals surface area contributed by atoms with Gasteiger partial charge in [0, 0.05) is 29.3 Å². The molecule has 2 heterocycles. The Hall–Kier alpha value is -3.01. The summed E-state index contributed by atoms with van der Waals surface area (Å²) in [5.74, 6) is 1.46. The number of halogens is 1. The zero-order chi connectivity index (χ0) is 20.1. The summed E-state index contributed by atoms with van der Waals surface area (Å²) in [5.41, 5.74) is 1.92. The monoisotopic (exact) mass is 409 g/mol. The fourth-order valence-corrected chi connectivity index (χ4v) is 3.31. The normalized spacial score (nSPS) is 15.8. The molecule has 148 valence electrons.